The van der Waals surface area contributed by atoms with Gasteiger partial charge in [0.15, 0.2) is 8.32 Å². The second kappa shape index (κ2) is 7.06. The summed E-state index contributed by atoms with van der Waals surface area (Å²) in [6, 6.07) is 4.89. The molecule has 0 aliphatic heterocycles. The quantitative estimate of drug-likeness (QED) is 0.756. The third kappa shape index (κ3) is 5.03. The largest absolute Gasteiger partial charge is 0.434 e. The molecular formula is C16H26F2O3Si. The van der Waals surface area contributed by atoms with E-state index in [1.807, 2.05) is 0 Å². The predicted octanol–water partition coefficient (Wildman–Crippen LogP) is 4.86. The van der Waals surface area contributed by atoms with Gasteiger partial charge in [-0.15, -0.1) is 0 Å². The monoisotopic (exact) mass is 332 g/mol. The van der Waals surface area contributed by atoms with Crippen molar-refractivity contribution < 1.29 is 23.1 Å². The first-order valence-electron chi connectivity index (χ1n) is 7.33. The molecule has 0 saturated heterocycles. The van der Waals surface area contributed by atoms with Crippen LogP contribution in [0.5, 0.6) is 5.75 Å². The number of rotatable bonds is 6. The first-order chi connectivity index (χ1) is 9.94. The molecule has 0 aliphatic rings. The Hall–Kier alpha value is -0.983. The molecule has 0 aliphatic carbocycles. The fraction of sp³-hybridized carbons (Fsp3) is 0.625. The van der Waals surface area contributed by atoms with Gasteiger partial charge < -0.3 is 14.3 Å². The summed E-state index contributed by atoms with van der Waals surface area (Å²) >= 11 is 0. The molecule has 22 heavy (non-hydrogen) atoms. The maximum absolute atomic E-state index is 12.5. The van der Waals surface area contributed by atoms with Crippen LogP contribution in [0.2, 0.25) is 18.1 Å². The highest BCUT2D eigenvalue weighted by atomic mass is 28.4. The van der Waals surface area contributed by atoms with Gasteiger partial charge in [-0.3, -0.25) is 0 Å². The van der Waals surface area contributed by atoms with Crippen molar-refractivity contribution in [2.24, 2.45) is 0 Å². The molecule has 0 spiro atoms. The highest BCUT2D eigenvalue weighted by Crippen LogP contribution is 2.37. The van der Waals surface area contributed by atoms with E-state index in [0.717, 1.165) is 5.56 Å². The molecule has 1 unspecified atom stereocenters. The van der Waals surface area contributed by atoms with Crippen LogP contribution in [0.4, 0.5) is 8.78 Å². The van der Waals surface area contributed by atoms with E-state index >= 15 is 0 Å². The number of alkyl halides is 2. The van der Waals surface area contributed by atoms with E-state index in [0.29, 0.717) is 12.2 Å². The summed E-state index contributed by atoms with van der Waals surface area (Å²) in [7, 11) is -1.91. The van der Waals surface area contributed by atoms with Gasteiger partial charge in [0.2, 0.25) is 0 Å². The van der Waals surface area contributed by atoms with Crippen molar-refractivity contribution in [3.63, 3.8) is 0 Å². The number of aliphatic hydroxyl groups excluding tert-OH is 1. The SMILES string of the molecule is CC(O)c1ccc(CO[Si](C)(C)C(C)(C)C)cc1OC(F)F. The third-order valence-electron chi connectivity index (χ3n) is 4.15. The van der Waals surface area contributed by atoms with E-state index in [1.165, 1.54) is 13.0 Å². The second-order valence-electron chi connectivity index (χ2n) is 6.98. The van der Waals surface area contributed by atoms with Crippen LogP contribution in [-0.4, -0.2) is 20.0 Å². The number of hydrogen-bond donors (Lipinski definition) is 1. The van der Waals surface area contributed by atoms with E-state index in [4.69, 9.17) is 4.43 Å². The van der Waals surface area contributed by atoms with Crippen LogP contribution in [0.3, 0.4) is 0 Å². The molecular weight excluding hydrogens is 306 g/mol. The van der Waals surface area contributed by atoms with Crippen LogP contribution in [0.25, 0.3) is 0 Å². The zero-order valence-electron chi connectivity index (χ0n) is 14.1. The zero-order valence-corrected chi connectivity index (χ0v) is 15.1. The molecule has 0 radical (unpaired) electrons. The Morgan fingerprint density at radius 2 is 1.82 bits per heavy atom. The average molecular weight is 332 g/mol. The first kappa shape index (κ1) is 19.1. The minimum atomic E-state index is -2.92. The average Bonchev–Trinajstić information content (AvgIpc) is 2.34. The van der Waals surface area contributed by atoms with Gasteiger partial charge in [-0.1, -0.05) is 32.9 Å². The molecule has 0 saturated carbocycles. The second-order valence-corrected chi connectivity index (χ2v) is 11.8. The summed E-state index contributed by atoms with van der Waals surface area (Å²) in [5, 5.41) is 9.70. The van der Waals surface area contributed by atoms with Crippen LogP contribution in [0, 0.1) is 0 Å². The van der Waals surface area contributed by atoms with E-state index < -0.39 is 21.0 Å². The molecule has 0 amide bonds. The Morgan fingerprint density at radius 3 is 2.27 bits per heavy atom. The Morgan fingerprint density at radius 1 is 1.23 bits per heavy atom. The molecule has 1 atom stereocenters. The third-order valence-corrected chi connectivity index (χ3v) is 8.63. The highest BCUT2D eigenvalue weighted by Gasteiger charge is 2.37. The van der Waals surface area contributed by atoms with Gasteiger partial charge in [-0.25, -0.2) is 0 Å². The summed E-state index contributed by atoms with van der Waals surface area (Å²) in [4.78, 5) is 0. The van der Waals surface area contributed by atoms with Crippen molar-refractivity contribution in [1.82, 2.24) is 0 Å². The molecule has 0 heterocycles. The van der Waals surface area contributed by atoms with Crippen molar-refractivity contribution >= 4 is 8.32 Å². The number of aliphatic hydroxyl groups is 1. The van der Waals surface area contributed by atoms with Gasteiger partial charge in [0.25, 0.3) is 0 Å². The van der Waals surface area contributed by atoms with Crippen LogP contribution < -0.4 is 4.74 Å². The van der Waals surface area contributed by atoms with Crippen molar-refractivity contribution in [3.05, 3.63) is 29.3 Å². The Bertz CT molecular complexity index is 497. The lowest BCUT2D eigenvalue weighted by Crippen LogP contribution is -2.40. The van der Waals surface area contributed by atoms with Gasteiger partial charge in [0, 0.05) is 5.56 Å². The minimum absolute atomic E-state index is 0.00123. The Kier molecular flexibility index (Phi) is 6.12. The van der Waals surface area contributed by atoms with E-state index in [2.05, 4.69) is 38.6 Å². The highest BCUT2D eigenvalue weighted by molar-refractivity contribution is 6.74. The molecule has 1 aromatic rings. The van der Waals surface area contributed by atoms with Gasteiger partial charge in [0.05, 0.1) is 12.7 Å². The van der Waals surface area contributed by atoms with E-state index in [-0.39, 0.29) is 10.8 Å². The van der Waals surface area contributed by atoms with Gasteiger partial charge >= 0.3 is 6.61 Å². The molecule has 1 rings (SSSR count). The molecule has 6 heteroatoms. The fourth-order valence-electron chi connectivity index (χ4n) is 1.69. The molecule has 1 N–H and O–H groups in total. The first-order valence-corrected chi connectivity index (χ1v) is 10.2. The van der Waals surface area contributed by atoms with E-state index in [9.17, 15) is 13.9 Å². The van der Waals surface area contributed by atoms with Gasteiger partial charge in [0.1, 0.15) is 5.75 Å². The normalized spacial score (nSPS) is 14.3. The van der Waals surface area contributed by atoms with Crippen molar-refractivity contribution in [2.75, 3.05) is 0 Å². The molecule has 0 aromatic heterocycles. The van der Waals surface area contributed by atoms with Crippen molar-refractivity contribution in [2.45, 2.75) is 65.1 Å². The summed E-state index contributed by atoms with van der Waals surface area (Å²) in [6.07, 6.45) is -0.871. The maximum atomic E-state index is 12.5. The summed E-state index contributed by atoms with van der Waals surface area (Å²) < 4.78 is 35.6. The Balaban J connectivity index is 2.93. The Labute approximate surface area is 132 Å². The van der Waals surface area contributed by atoms with Crippen molar-refractivity contribution in [1.29, 1.82) is 0 Å². The topological polar surface area (TPSA) is 38.7 Å². The number of hydrogen-bond acceptors (Lipinski definition) is 3. The van der Waals surface area contributed by atoms with Crippen LogP contribution in [0.15, 0.2) is 18.2 Å². The fourth-order valence-corrected chi connectivity index (χ4v) is 2.65. The van der Waals surface area contributed by atoms with Gasteiger partial charge in [-0.05, 0) is 36.7 Å². The van der Waals surface area contributed by atoms with Crippen LogP contribution >= 0.6 is 0 Å². The standard InChI is InChI=1S/C16H26F2O3Si/c1-11(19)13-8-7-12(9-14(13)21-15(17)18)10-20-22(5,6)16(2,3)4/h7-9,11,15,19H,10H2,1-6H3. The molecule has 1 aromatic carbocycles. The summed E-state index contributed by atoms with van der Waals surface area (Å²) in [5.41, 5.74) is 1.10. The lowest BCUT2D eigenvalue weighted by Gasteiger charge is -2.36. The van der Waals surface area contributed by atoms with Gasteiger partial charge in [-0.2, -0.15) is 8.78 Å². The number of halogens is 2. The zero-order chi connectivity index (χ0) is 17.1. The summed E-state index contributed by atoms with van der Waals surface area (Å²) in [6.45, 7) is 9.62. The lowest BCUT2D eigenvalue weighted by atomic mass is 10.1. The number of benzene rings is 1. The maximum Gasteiger partial charge on any atom is 0.387 e. The molecule has 3 nitrogen and oxygen atoms in total. The lowest BCUT2D eigenvalue weighted by molar-refractivity contribution is -0.0514. The van der Waals surface area contributed by atoms with Crippen LogP contribution in [-0.2, 0) is 11.0 Å². The predicted molar refractivity (Wildman–Crippen MR) is 85.7 cm³/mol. The van der Waals surface area contributed by atoms with E-state index in [1.54, 1.807) is 12.1 Å². The number of ether oxygens (including phenoxy) is 1. The van der Waals surface area contributed by atoms with Crippen molar-refractivity contribution in [3.8, 4) is 5.75 Å². The molecule has 126 valence electrons. The molecule has 0 bridgehead atoms. The minimum Gasteiger partial charge on any atom is -0.434 e. The smallest absolute Gasteiger partial charge is 0.387 e. The van der Waals surface area contributed by atoms with Crippen LogP contribution in [0.1, 0.15) is 44.9 Å². The molecule has 0 fully saturated rings. The summed E-state index contributed by atoms with van der Waals surface area (Å²) in [5.74, 6) is 0.00123.